The van der Waals surface area contributed by atoms with E-state index >= 15 is 0 Å². The number of aromatic carboxylic acids is 1. The van der Waals surface area contributed by atoms with Crippen molar-refractivity contribution in [2.24, 2.45) is 0 Å². The van der Waals surface area contributed by atoms with Gasteiger partial charge in [-0.3, -0.25) is 4.79 Å². The molecule has 0 atom stereocenters. The Hall–Kier alpha value is -3.71. The van der Waals surface area contributed by atoms with Gasteiger partial charge in [0.2, 0.25) is 0 Å². The summed E-state index contributed by atoms with van der Waals surface area (Å²) in [6.45, 7) is 0. The quantitative estimate of drug-likeness (QED) is 0.473. The number of furan rings is 1. The van der Waals surface area contributed by atoms with E-state index in [1.54, 1.807) is 40.8 Å². The molecule has 2 aromatic carbocycles. The van der Waals surface area contributed by atoms with E-state index in [2.05, 4.69) is 4.98 Å². The summed E-state index contributed by atoms with van der Waals surface area (Å²) in [5, 5.41) is 11.3. The molecule has 0 saturated carbocycles. The number of rotatable bonds is 3. The number of fused-ring (bicyclic) bond motifs is 3. The fraction of sp³-hybridized carbons (Fsp3) is 0. The molecule has 5 rings (SSSR count). The summed E-state index contributed by atoms with van der Waals surface area (Å²) < 4.78 is 7.84. The predicted octanol–water partition coefficient (Wildman–Crippen LogP) is 2.08. The Morgan fingerprint density at radius 2 is 1.86 bits per heavy atom. The minimum atomic E-state index is -1.27. The smallest absolute Gasteiger partial charge is 0.275 e. The van der Waals surface area contributed by atoms with Crippen LogP contribution in [0.15, 0.2) is 69.9 Å². The van der Waals surface area contributed by atoms with Crippen LogP contribution in [0.5, 0.6) is 0 Å². The number of hydrogen-bond acceptors (Lipinski definition) is 6. The lowest BCUT2D eigenvalue weighted by atomic mass is 10.1. The molecule has 28 heavy (non-hydrogen) atoms. The third-order valence-electron chi connectivity index (χ3n) is 4.46. The molecule has 136 valence electrons. The summed E-state index contributed by atoms with van der Waals surface area (Å²) >= 11 is 1.28. The van der Waals surface area contributed by atoms with Gasteiger partial charge in [-0.05, 0) is 24.3 Å². The molecule has 3 aromatic heterocycles. The summed E-state index contributed by atoms with van der Waals surface area (Å²) in [6.07, 6.45) is 1.64. The zero-order valence-electron chi connectivity index (χ0n) is 14.3. The molecule has 5 aromatic rings. The minimum Gasteiger partial charge on any atom is -0.545 e. The van der Waals surface area contributed by atoms with Crippen LogP contribution in [0.3, 0.4) is 0 Å². The van der Waals surface area contributed by atoms with Gasteiger partial charge in [0.1, 0.15) is 16.1 Å². The van der Waals surface area contributed by atoms with Crippen molar-refractivity contribution in [3.63, 3.8) is 0 Å². The van der Waals surface area contributed by atoms with E-state index in [1.807, 2.05) is 24.3 Å². The predicted molar refractivity (Wildman–Crippen MR) is 104 cm³/mol. The van der Waals surface area contributed by atoms with Crippen molar-refractivity contribution in [1.29, 1.82) is 0 Å². The third kappa shape index (κ3) is 2.52. The molecule has 0 aliphatic carbocycles. The second-order valence-electron chi connectivity index (χ2n) is 6.17. The molecule has 0 N–H and O–H groups in total. The fourth-order valence-corrected chi connectivity index (χ4v) is 4.16. The first kappa shape index (κ1) is 16.5. The maximum atomic E-state index is 12.8. The maximum Gasteiger partial charge on any atom is 0.275 e. The van der Waals surface area contributed by atoms with Gasteiger partial charge in [-0.15, -0.1) is 0 Å². The number of benzene rings is 2. The van der Waals surface area contributed by atoms with Crippen molar-refractivity contribution in [2.75, 3.05) is 0 Å². The highest BCUT2D eigenvalue weighted by molar-refractivity contribution is 7.15. The van der Waals surface area contributed by atoms with Gasteiger partial charge < -0.3 is 14.3 Å². The molecule has 0 unspecified atom stereocenters. The highest BCUT2D eigenvalue weighted by Gasteiger charge is 2.12. The van der Waals surface area contributed by atoms with Gasteiger partial charge >= 0.3 is 0 Å². The molecule has 3 heterocycles. The Balaban J connectivity index is 1.63. The van der Waals surface area contributed by atoms with Gasteiger partial charge in [0, 0.05) is 17.2 Å². The van der Waals surface area contributed by atoms with E-state index in [-0.39, 0.29) is 11.1 Å². The van der Waals surface area contributed by atoms with Gasteiger partial charge in [-0.1, -0.05) is 47.7 Å². The molecular formula is C21H11N2O4S-. The van der Waals surface area contributed by atoms with Crippen LogP contribution in [0, 0.1) is 0 Å². The lowest BCUT2D eigenvalue weighted by molar-refractivity contribution is -0.254. The number of carboxylic acid groups (broad SMARTS) is 1. The number of para-hydroxylation sites is 2. The number of aromatic nitrogens is 2. The Morgan fingerprint density at radius 3 is 2.71 bits per heavy atom. The molecule has 0 aliphatic heterocycles. The number of thiazole rings is 1. The number of carboxylic acids is 1. The van der Waals surface area contributed by atoms with Gasteiger partial charge in [0.05, 0.1) is 17.0 Å². The highest BCUT2D eigenvalue weighted by atomic mass is 32.1. The van der Waals surface area contributed by atoms with Crippen molar-refractivity contribution < 1.29 is 14.3 Å². The van der Waals surface area contributed by atoms with E-state index in [1.165, 1.54) is 17.4 Å². The van der Waals surface area contributed by atoms with Crippen LogP contribution in [0.2, 0.25) is 0 Å². The Bertz CT molecular complexity index is 1480. The lowest BCUT2D eigenvalue weighted by Crippen LogP contribution is -2.22. The number of imidazole rings is 1. The van der Waals surface area contributed by atoms with Gasteiger partial charge in [0.15, 0.2) is 4.96 Å². The van der Waals surface area contributed by atoms with E-state index in [0.29, 0.717) is 26.6 Å². The van der Waals surface area contributed by atoms with Gasteiger partial charge in [-0.25, -0.2) is 9.38 Å². The topological polar surface area (TPSA) is 87.6 Å². The normalized spacial score (nSPS) is 12.2. The zero-order valence-corrected chi connectivity index (χ0v) is 15.1. The van der Waals surface area contributed by atoms with E-state index in [9.17, 15) is 14.7 Å². The number of hydrogen-bond donors (Lipinski definition) is 0. The van der Waals surface area contributed by atoms with Crippen LogP contribution >= 0.6 is 11.3 Å². The number of carbonyl (C=O) groups is 1. The van der Waals surface area contributed by atoms with Crippen LogP contribution in [-0.4, -0.2) is 15.4 Å². The van der Waals surface area contributed by atoms with Crippen LogP contribution in [0.4, 0.5) is 0 Å². The summed E-state index contributed by atoms with van der Waals surface area (Å²) in [6, 6.07) is 17.3. The first-order valence-corrected chi connectivity index (χ1v) is 9.26. The van der Waals surface area contributed by atoms with E-state index in [4.69, 9.17) is 4.42 Å². The standard InChI is InChI=1S/C21H12N2O4S/c24-19-18(28-21-22-15-7-3-4-8-16(15)23(19)21)11-12-9-10-17(27-12)13-5-1-2-6-14(13)20(25)26/h1-11H,(H,25,26)/p-1/b18-11-. The molecule has 0 fully saturated rings. The molecule has 0 spiro atoms. The second-order valence-corrected chi connectivity index (χ2v) is 7.18. The minimum absolute atomic E-state index is 0.0500. The molecule has 0 amide bonds. The average molecular weight is 387 g/mol. The van der Waals surface area contributed by atoms with Crippen molar-refractivity contribution in [1.82, 2.24) is 9.38 Å². The monoisotopic (exact) mass is 387 g/mol. The van der Waals surface area contributed by atoms with E-state index < -0.39 is 5.97 Å². The van der Waals surface area contributed by atoms with Crippen molar-refractivity contribution in [2.45, 2.75) is 0 Å². The van der Waals surface area contributed by atoms with E-state index in [0.717, 1.165) is 11.0 Å². The largest absolute Gasteiger partial charge is 0.545 e. The molecule has 0 bridgehead atoms. The van der Waals surface area contributed by atoms with Crippen LogP contribution in [0.1, 0.15) is 16.1 Å². The van der Waals surface area contributed by atoms with Crippen molar-refractivity contribution in [3.8, 4) is 11.3 Å². The molecule has 0 saturated heterocycles. The Kier molecular flexibility index (Phi) is 3.63. The van der Waals surface area contributed by atoms with Crippen molar-refractivity contribution in [3.05, 3.63) is 86.9 Å². The average Bonchev–Trinajstić information content (AvgIpc) is 3.38. The van der Waals surface area contributed by atoms with Gasteiger partial charge in [0.25, 0.3) is 5.56 Å². The molecule has 0 radical (unpaired) electrons. The first-order chi connectivity index (χ1) is 13.6. The maximum absolute atomic E-state index is 12.8. The van der Waals surface area contributed by atoms with Crippen LogP contribution < -0.4 is 15.2 Å². The number of carbonyl (C=O) groups excluding carboxylic acids is 1. The summed E-state index contributed by atoms with van der Waals surface area (Å²) in [4.78, 5) is 29.2. The molecule has 0 aliphatic rings. The van der Waals surface area contributed by atoms with Crippen LogP contribution in [0.25, 0.3) is 33.4 Å². The lowest BCUT2D eigenvalue weighted by Gasteiger charge is -2.07. The van der Waals surface area contributed by atoms with Gasteiger partial charge in [-0.2, -0.15) is 0 Å². The Labute approximate surface area is 161 Å². The first-order valence-electron chi connectivity index (χ1n) is 8.44. The SMILES string of the molecule is O=C([O-])c1ccccc1-c1ccc(/C=c2\sc3nc4ccccc4n3c2=O)o1. The molecule has 7 heteroatoms. The fourth-order valence-electron chi connectivity index (χ4n) is 3.19. The molecular weight excluding hydrogens is 376 g/mol. The third-order valence-corrected chi connectivity index (χ3v) is 5.43. The highest BCUT2D eigenvalue weighted by Crippen LogP contribution is 2.26. The number of nitrogens with zero attached hydrogens (tertiary/aromatic N) is 2. The zero-order chi connectivity index (χ0) is 19.3. The summed E-state index contributed by atoms with van der Waals surface area (Å²) in [5.41, 5.74) is 1.85. The molecule has 6 nitrogen and oxygen atoms in total. The van der Waals surface area contributed by atoms with Crippen molar-refractivity contribution >= 4 is 39.4 Å². The Morgan fingerprint density at radius 1 is 1.07 bits per heavy atom. The second kappa shape index (κ2) is 6.17. The van der Waals surface area contributed by atoms with Crippen LogP contribution in [-0.2, 0) is 0 Å². The summed E-state index contributed by atoms with van der Waals surface area (Å²) in [5.74, 6) is -0.426. The summed E-state index contributed by atoms with van der Waals surface area (Å²) in [7, 11) is 0.